The third-order valence-corrected chi connectivity index (χ3v) is 8.47. The van der Waals surface area contributed by atoms with Crippen molar-refractivity contribution in [2.75, 3.05) is 6.54 Å². The second-order valence-electron chi connectivity index (χ2n) is 8.67. The molecule has 9 nitrogen and oxygen atoms in total. The highest BCUT2D eigenvalue weighted by atomic mass is 79.9. The molecule has 11 heteroatoms. The predicted molar refractivity (Wildman–Crippen MR) is 141 cm³/mol. The maximum Gasteiger partial charge on any atom is 0.264 e. The Bertz CT molecular complexity index is 1540. The molecule has 1 N–H and O–H groups in total. The standard InChI is InChI=1S/C25H26BrN5O4S/c1-17(2)36(34,35)21-9-5-18(6-10-21)13-23(32)27-11-12-31-24-22(14-29-31)25(33)30(16-28-24)15-19-3-7-20(26)8-4-19/h3-10,14,16-17H,11-13,15H2,1-2H3,(H,27,32). The van der Waals surface area contributed by atoms with Gasteiger partial charge >= 0.3 is 0 Å². The van der Waals surface area contributed by atoms with Gasteiger partial charge in [0.2, 0.25) is 5.91 Å². The van der Waals surface area contributed by atoms with Crippen molar-refractivity contribution in [1.29, 1.82) is 0 Å². The topological polar surface area (TPSA) is 116 Å². The highest BCUT2D eigenvalue weighted by molar-refractivity contribution is 9.10. The summed E-state index contributed by atoms with van der Waals surface area (Å²) in [5, 5.41) is 7.01. The van der Waals surface area contributed by atoms with Crippen LogP contribution in [0, 0.1) is 0 Å². The summed E-state index contributed by atoms with van der Waals surface area (Å²) < 4.78 is 28.6. The van der Waals surface area contributed by atoms with Gasteiger partial charge in [-0.15, -0.1) is 0 Å². The Kier molecular flexibility index (Phi) is 7.70. The molecule has 0 saturated heterocycles. The molecule has 4 aromatic rings. The molecule has 0 aliphatic carbocycles. The normalized spacial score (nSPS) is 11.8. The van der Waals surface area contributed by atoms with Gasteiger partial charge in [-0.2, -0.15) is 5.10 Å². The van der Waals surface area contributed by atoms with E-state index in [1.54, 1.807) is 30.7 Å². The van der Waals surface area contributed by atoms with Crippen molar-refractivity contribution < 1.29 is 13.2 Å². The van der Waals surface area contributed by atoms with Crippen molar-refractivity contribution in [3.05, 3.63) is 87.0 Å². The third-order valence-electron chi connectivity index (χ3n) is 5.77. The zero-order valence-corrected chi connectivity index (χ0v) is 22.3. The minimum absolute atomic E-state index is 0.126. The second kappa shape index (κ2) is 10.8. The van der Waals surface area contributed by atoms with E-state index in [2.05, 4.69) is 31.3 Å². The zero-order chi connectivity index (χ0) is 25.9. The minimum Gasteiger partial charge on any atom is -0.354 e. The van der Waals surface area contributed by atoms with E-state index in [0.717, 1.165) is 10.0 Å². The van der Waals surface area contributed by atoms with Crippen LogP contribution in [0.3, 0.4) is 0 Å². The van der Waals surface area contributed by atoms with Crippen molar-refractivity contribution in [3.8, 4) is 0 Å². The molecule has 0 unspecified atom stereocenters. The van der Waals surface area contributed by atoms with Crippen LogP contribution in [-0.2, 0) is 34.1 Å². The molecule has 0 saturated carbocycles. The molecule has 188 valence electrons. The first kappa shape index (κ1) is 25.8. The maximum atomic E-state index is 12.9. The van der Waals surface area contributed by atoms with Crippen LogP contribution in [0.1, 0.15) is 25.0 Å². The van der Waals surface area contributed by atoms with Gasteiger partial charge in [-0.3, -0.25) is 14.2 Å². The van der Waals surface area contributed by atoms with Crippen LogP contribution in [-0.4, -0.2) is 45.5 Å². The zero-order valence-electron chi connectivity index (χ0n) is 19.9. The molecular weight excluding hydrogens is 546 g/mol. The molecule has 0 atom stereocenters. The molecule has 2 aromatic carbocycles. The summed E-state index contributed by atoms with van der Waals surface area (Å²) in [4.78, 5) is 29.9. The molecule has 0 spiro atoms. The van der Waals surface area contributed by atoms with E-state index in [0.29, 0.717) is 36.2 Å². The fourth-order valence-corrected chi connectivity index (χ4v) is 5.00. The van der Waals surface area contributed by atoms with E-state index in [9.17, 15) is 18.0 Å². The Morgan fingerprint density at radius 1 is 1.06 bits per heavy atom. The number of halogens is 1. The summed E-state index contributed by atoms with van der Waals surface area (Å²) in [5.41, 5.74) is 1.98. The molecule has 0 bridgehead atoms. The van der Waals surface area contributed by atoms with Gasteiger partial charge in [0.05, 0.1) is 35.9 Å². The third kappa shape index (κ3) is 5.73. The van der Waals surface area contributed by atoms with Gasteiger partial charge in [-0.05, 0) is 49.2 Å². The van der Waals surface area contributed by atoms with Gasteiger partial charge in [0.25, 0.3) is 5.56 Å². The summed E-state index contributed by atoms with van der Waals surface area (Å²) in [5.74, 6) is -0.198. The molecule has 0 fully saturated rings. The van der Waals surface area contributed by atoms with E-state index in [1.807, 2.05) is 24.3 Å². The molecule has 4 rings (SSSR count). The highest BCUT2D eigenvalue weighted by Gasteiger charge is 2.19. The van der Waals surface area contributed by atoms with Crippen molar-refractivity contribution >= 4 is 42.7 Å². The fraction of sp³-hybridized carbons (Fsp3) is 0.280. The van der Waals surface area contributed by atoms with Crippen molar-refractivity contribution in [2.45, 2.75) is 43.5 Å². The first-order valence-corrected chi connectivity index (χ1v) is 13.7. The van der Waals surface area contributed by atoms with E-state index in [1.165, 1.54) is 29.2 Å². The highest BCUT2D eigenvalue weighted by Crippen LogP contribution is 2.17. The number of fused-ring (bicyclic) bond motifs is 1. The molecule has 36 heavy (non-hydrogen) atoms. The van der Waals surface area contributed by atoms with Gasteiger partial charge in [0.1, 0.15) is 11.7 Å². The molecule has 2 heterocycles. The van der Waals surface area contributed by atoms with Gasteiger partial charge < -0.3 is 5.32 Å². The summed E-state index contributed by atoms with van der Waals surface area (Å²) in [6.45, 7) is 4.33. The van der Waals surface area contributed by atoms with E-state index in [4.69, 9.17) is 0 Å². The maximum absolute atomic E-state index is 12.9. The minimum atomic E-state index is -3.34. The molecule has 0 aliphatic heterocycles. The number of hydrogen-bond acceptors (Lipinski definition) is 6. The van der Waals surface area contributed by atoms with Crippen LogP contribution < -0.4 is 10.9 Å². The lowest BCUT2D eigenvalue weighted by molar-refractivity contribution is -0.120. The number of benzene rings is 2. The Morgan fingerprint density at radius 2 is 1.72 bits per heavy atom. The monoisotopic (exact) mass is 571 g/mol. The quantitative estimate of drug-likeness (QED) is 0.330. The van der Waals surface area contributed by atoms with Gasteiger partial charge in [0, 0.05) is 11.0 Å². The predicted octanol–water partition coefficient (Wildman–Crippen LogP) is 2.94. The molecular formula is C25H26BrN5O4S. The SMILES string of the molecule is CC(C)S(=O)(=O)c1ccc(CC(=O)NCCn2ncc3c(=O)n(Cc4ccc(Br)cc4)cnc32)cc1. The summed E-state index contributed by atoms with van der Waals surface area (Å²) >= 11 is 3.40. The van der Waals surface area contributed by atoms with Crippen LogP contribution >= 0.6 is 15.9 Å². The number of sulfone groups is 1. The van der Waals surface area contributed by atoms with Gasteiger partial charge in [-0.25, -0.2) is 18.1 Å². The average molecular weight is 572 g/mol. The number of nitrogens with zero attached hydrogens (tertiary/aromatic N) is 4. The van der Waals surface area contributed by atoms with Crippen LogP contribution in [0.5, 0.6) is 0 Å². The van der Waals surface area contributed by atoms with Gasteiger partial charge in [-0.1, -0.05) is 40.2 Å². The largest absolute Gasteiger partial charge is 0.354 e. The molecule has 0 aliphatic rings. The van der Waals surface area contributed by atoms with Gasteiger partial charge in [0.15, 0.2) is 15.5 Å². The second-order valence-corrected chi connectivity index (χ2v) is 12.1. The van der Waals surface area contributed by atoms with Crippen LogP contribution in [0.4, 0.5) is 0 Å². The summed E-state index contributed by atoms with van der Waals surface area (Å²) in [6.07, 6.45) is 3.13. The Labute approximate surface area is 217 Å². The molecule has 2 aromatic heterocycles. The summed E-state index contributed by atoms with van der Waals surface area (Å²) in [6, 6.07) is 14.1. The number of rotatable bonds is 9. The van der Waals surface area contributed by atoms with E-state index < -0.39 is 15.1 Å². The lowest BCUT2D eigenvalue weighted by Crippen LogP contribution is -2.29. The smallest absolute Gasteiger partial charge is 0.264 e. The fourth-order valence-electron chi connectivity index (χ4n) is 3.68. The van der Waals surface area contributed by atoms with Crippen LogP contribution in [0.15, 0.2) is 75.2 Å². The van der Waals surface area contributed by atoms with Crippen LogP contribution in [0.25, 0.3) is 11.0 Å². The first-order valence-electron chi connectivity index (χ1n) is 11.4. The Balaban J connectivity index is 1.35. The van der Waals surface area contributed by atoms with Crippen molar-refractivity contribution in [3.63, 3.8) is 0 Å². The van der Waals surface area contributed by atoms with Crippen molar-refractivity contribution in [2.24, 2.45) is 0 Å². The molecule has 1 amide bonds. The van der Waals surface area contributed by atoms with E-state index >= 15 is 0 Å². The number of nitrogens with one attached hydrogen (secondary N) is 1. The summed E-state index contributed by atoms with van der Waals surface area (Å²) in [7, 11) is -3.34. The number of hydrogen-bond donors (Lipinski definition) is 1. The number of aromatic nitrogens is 4. The lowest BCUT2D eigenvalue weighted by Gasteiger charge is -2.09. The van der Waals surface area contributed by atoms with Crippen molar-refractivity contribution in [1.82, 2.24) is 24.6 Å². The van der Waals surface area contributed by atoms with E-state index in [-0.39, 0.29) is 22.8 Å². The average Bonchev–Trinajstić information content (AvgIpc) is 3.26. The number of amides is 1. The Hall–Kier alpha value is -3.31. The Morgan fingerprint density at radius 3 is 2.39 bits per heavy atom. The number of carbonyl (C=O) groups is 1. The number of carbonyl (C=O) groups excluding carboxylic acids is 1. The first-order chi connectivity index (χ1) is 17.1. The molecule has 0 radical (unpaired) electrons. The lowest BCUT2D eigenvalue weighted by atomic mass is 10.1. The van der Waals surface area contributed by atoms with Crippen LogP contribution in [0.2, 0.25) is 0 Å².